The van der Waals surface area contributed by atoms with Gasteiger partial charge in [0, 0.05) is 22.1 Å². The summed E-state index contributed by atoms with van der Waals surface area (Å²) in [5.41, 5.74) is 1.19. The van der Waals surface area contributed by atoms with Crippen molar-refractivity contribution in [2.24, 2.45) is 0 Å². The van der Waals surface area contributed by atoms with Crippen molar-refractivity contribution in [3.8, 4) is 0 Å². The van der Waals surface area contributed by atoms with Gasteiger partial charge < -0.3 is 9.88 Å². The lowest BCUT2D eigenvalue weighted by atomic mass is 9.98. The van der Waals surface area contributed by atoms with E-state index >= 15 is 0 Å². The van der Waals surface area contributed by atoms with E-state index in [0.717, 1.165) is 4.47 Å². The quantitative estimate of drug-likeness (QED) is 0.446. The van der Waals surface area contributed by atoms with Crippen LogP contribution in [0.25, 0.3) is 0 Å². The third-order valence-corrected chi connectivity index (χ3v) is 4.92. The van der Waals surface area contributed by atoms with E-state index in [1.165, 1.54) is 0 Å². The molecule has 0 fully saturated rings. The molecule has 0 aliphatic carbocycles. The molecule has 0 unspecified atom stereocenters. The first kappa shape index (κ1) is 19.2. The van der Waals surface area contributed by atoms with Crippen molar-refractivity contribution in [2.45, 2.75) is 20.0 Å². The number of hydrogen-bond donors (Lipinski definition) is 2. The van der Waals surface area contributed by atoms with Gasteiger partial charge in [0.2, 0.25) is 0 Å². The first-order valence-electron chi connectivity index (χ1n) is 8.32. The Labute approximate surface area is 169 Å². The van der Waals surface area contributed by atoms with E-state index in [2.05, 4.69) is 31.4 Å². The summed E-state index contributed by atoms with van der Waals surface area (Å²) in [5, 5.41) is 9.65. The van der Waals surface area contributed by atoms with Crippen LogP contribution in [0.3, 0.4) is 0 Å². The molecule has 3 rings (SSSR count). The molecule has 0 atom stereocenters. The fourth-order valence-corrected chi connectivity index (χ4v) is 3.25. The van der Waals surface area contributed by atoms with Crippen LogP contribution in [0.4, 0.5) is 0 Å². The van der Waals surface area contributed by atoms with E-state index in [4.69, 9.17) is 12.2 Å². The van der Waals surface area contributed by atoms with E-state index < -0.39 is 0 Å². The minimum atomic E-state index is -0.340. The molecule has 1 heterocycles. The number of aromatic amines is 1. The second-order valence-electron chi connectivity index (χ2n) is 5.75. The number of carbonyl (C=O) groups excluding carboxylic acids is 2. The number of rotatable bonds is 6. The van der Waals surface area contributed by atoms with Gasteiger partial charge in [-0.3, -0.25) is 14.7 Å². The molecular formula is C19H17BrN4O2S. The Morgan fingerprint density at radius 3 is 2.48 bits per heavy atom. The van der Waals surface area contributed by atoms with Gasteiger partial charge in [-0.05, 0) is 49.5 Å². The maximum absolute atomic E-state index is 12.8. The van der Waals surface area contributed by atoms with Gasteiger partial charge in [-0.15, -0.1) is 0 Å². The molecule has 0 aliphatic heterocycles. The molecule has 2 aromatic carbocycles. The highest BCUT2D eigenvalue weighted by atomic mass is 79.9. The molecule has 1 aromatic heterocycles. The first-order valence-corrected chi connectivity index (χ1v) is 9.53. The molecule has 1 amide bonds. The Morgan fingerprint density at radius 1 is 1.15 bits per heavy atom. The lowest BCUT2D eigenvalue weighted by Gasteiger charge is -2.10. The fraction of sp³-hybridized carbons (Fsp3) is 0.158. The molecule has 0 aliphatic rings. The van der Waals surface area contributed by atoms with Crippen molar-refractivity contribution < 1.29 is 9.59 Å². The normalized spacial score (nSPS) is 10.6. The molecule has 0 radical (unpaired) electrons. The van der Waals surface area contributed by atoms with Gasteiger partial charge in [-0.1, -0.05) is 34.1 Å². The van der Waals surface area contributed by atoms with E-state index in [9.17, 15) is 9.59 Å². The van der Waals surface area contributed by atoms with Crippen LogP contribution in [0.15, 0.2) is 53.0 Å². The Bertz CT molecular complexity index is 1040. The van der Waals surface area contributed by atoms with Crippen molar-refractivity contribution >= 4 is 39.8 Å². The van der Waals surface area contributed by atoms with Crippen LogP contribution >= 0.6 is 28.1 Å². The van der Waals surface area contributed by atoms with Crippen molar-refractivity contribution in [1.82, 2.24) is 20.1 Å². The number of hydrogen-bond acceptors (Lipinski definition) is 4. The summed E-state index contributed by atoms with van der Waals surface area (Å²) < 4.78 is 3.19. The molecular weight excluding hydrogens is 428 g/mol. The average Bonchev–Trinajstić information content (AvgIpc) is 3.05. The number of benzene rings is 2. The maximum Gasteiger partial charge on any atom is 0.252 e. The van der Waals surface area contributed by atoms with Gasteiger partial charge >= 0.3 is 0 Å². The zero-order valence-corrected chi connectivity index (χ0v) is 16.9. The van der Waals surface area contributed by atoms with Crippen LogP contribution in [0, 0.1) is 4.77 Å². The zero-order chi connectivity index (χ0) is 19.4. The summed E-state index contributed by atoms with van der Waals surface area (Å²) in [5.74, 6) is 0.0877. The molecule has 2 N–H and O–H groups in total. The van der Waals surface area contributed by atoms with Crippen molar-refractivity contribution in [3.05, 3.63) is 80.3 Å². The van der Waals surface area contributed by atoms with Crippen LogP contribution in [0.2, 0.25) is 0 Å². The summed E-state index contributed by atoms with van der Waals surface area (Å²) in [6.07, 6.45) is 0. The van der Waals surface area contributed by atoms with Gasteiger partial charge in [0.1, 0.15) is 0 Å². The predicted molar refractivity (Wildman–Crippen MR) is 108 cm³/mol. The smallest absolute Gasteiger partial charge is 0.252 e. The SMILES string of the molecule is CCn1c(CNC(=O)c2ccccc2C(=O)c2ccc(Br)cc2)n[nH]c1=S. The highest BCUT2D eigenvalue weighted by Crippen LogP contribution is 2.17. The number of nitrogens with zero attached hydrogens (tertiary/aromatic N) is 2. The molecule has 3 aromatic rings. The van der Waals surface area contributed by atoms with E-state index in [0.29, 0.717) is 33.8 Å². The Morgan fingerprint density at radius 2 is 1.81 bits per heavy atom. The van der Waals surface area contributed by atoms with Gasteiger partial charge in [-0.25, -0.2) is 0 Å². The van der Waals surface area contributed by atoms with Crippen LogP contribution in [0.5, 0.6) is 0 Å². The fourth-order valence-electron chi connectivity index (χ4n) is 2.70. The third kappa shape index (κ3) is 4.23. The number of H-pyrrole nitrogens is 1. The first-order chi connectivity index (χ1) is 13.0. The van der Waals surface area contributed by atoms with E-state index in [1.54, 1.807) is 53.1 Å². The maximum atomic E-state index is 12.8. The Hall–Kier alpha value is -2.58. The standard InChI is InChI=1S/C19H17BrN4O2S/c1-2-24-16(22-23-19(24)27)11-21-18(26)15-6-4-3-5-14(15)17(25)12-7-9-13(20)10-8-12/h3-10H,2,11H2,1H3,(H,21,26)(H,23,27). The Balaban J connectivity index is 1.82. The van der Waals surface area contributed by atoms with Gasteiger partial charge in [-0.2, -0.15) is 5.10 Å². The number of carbonyl (C=O) groups is 2. The number of aromatic nitrogens is 3. The molecule has 0 bridgehead atoms. The average molecular weight is 445 g/mol. The molecule has 6 nitrogen and oxygen atoms in total. The van der Waals surface area contributed by atoms with Crippen LogP contribution in [0.1, 0.15) is 39.0 Å². The van der Waals surface area contributed by atoms with Gasteiger partial charge in [0.25, 0.3) is 5.91 Å². The molecule has 138 valence electrons. The molecule has 0 saturated carbocycles. The largest absolute Gasteiger partial charge is 0.345 e. The summed E-state index contributed by atoms with van der Waals surface area (Å²) in [6, 6.07) is 13.8. The van der Waals surface area contributed by atoms with Gasteiger partial charge in [0.15, 0.2) is 16.4 Å². The molecule has 27 heavy (non-hydrogen) atoms. The molecule has 8 heteroatoms. The number of halogens is 1. The van der Waals surface area contributed by atoms with Crippen LogP contribution in [-0.4, -0.2) is 26.5 Å². The van der Waals surface area contributed by atoms with E-state index in [1.807, 2.05) is 6.92 Å². The third-order valence-electron chi connectivity index (χ3n) is 4.08. The number of nitrogens with one attached hydrogen (secondary N) is 2. The minimum Gasteiger partial charge on any atom is -0.345 e. The van der Waals surface area contributed by atoms with Crippen LogP contribution < -0.4 is 5.32 Å². The van der Waals surface area contributed by atoms with Crippen molar-refractivity contribution in [1.29, 1.82) is 0 Å². The molecule has 0 saturated heterocycles. The zero-order valence-electron chi connectivity index (χ0n) is 14.5. The monoisotopic (exact) mass is 444 g/mol. The summed E-state index contributed by atoms with van der Waals surface area (Å²) in [7, 11) is 0. The lowest BCUT2D eigenvalue weighted by Crippen LogP contribution is -2.26. The highest BCUT2D eigenvalue weighted by Gasteiger charge is 2.18. The Kier molecular flexibility index (Phi) is 5.98. The number of amides is 1. The summed E-state index contributed by atoms with van der Waals surface area (Å²) in [4.78, 5) is 25.5. The topological polar surface area (TPSA) is 79.8 Å². The van der Waals surface area contributed by atoms with Gasteiger partial charge in [0.05, 0.1) is 12.1 Å². The molecule has 0 spiro atoms. The van der Waals surface area contributed by atoms with Crippen molar-refractivity contribution in [2.75, 3.05) is 0 Å². The lowest BCUT2D eigenvalue weighted by molar-refractivity contribution is 0.0938. The van der Waals surface area contributed by atoms with E-state index in [-0.39, 0.29) is 18.2 Å². The summed E-state index contributed by atoms with van der Waals surface area (Å²) in [6.45, 7) is 2.81. The summed E-state index contributed by atoms with van der Waals surface area (Å²) >= 11 is 8.50. The second kappa shape index (κ2) is 8.41. The van der Waals surface area contributed by atoms with Crippen molar-refractivity contribution in [3.63, 3.8) is 0 Å². The highest BCUT2D eigenvalue weighted by molar-refractivity contribution is 9.10. The minimum absolute atomic E-state index is 0.204. The second-order valence-corrected chi connectivity index (χ2v) is 7.06. The van der Waals surface area contributed by atoms with Crippen LogP contribution in [-0.2, 0) is 13.1 Å². The predicted octanol–water partition coefficient (Wildman–Crippen LogP) is 3.88. The number of ketones is 1.